The molecule has 0 N–H and O–H groups in total. The van der Waals surface area contributed by atoms with Crippen LogP contribution in [0, 0.1) is 0 Å². The molecule has 1 amide bonds. The van der Waals surface area contributed by atoms with Crippen LogP contribution in [0.2, 0.25) is 0 Å². The molecule has 98 valence electrons. The number of rotatable bonds is 5. The molecular formula is C14H25NO2. The predicted molar refractivity (Wildman–Crippen MR) is 71.8 cm³/mol. The number of amides is 1. The van der Waals surface area contributed by atoms with E-state index in [1.54, 1.807) is 4.90 Å². The number of carbonyl (C=O) groups excluding carboxylic acids is 1. The Kier molecular flexibility index (Phi) is 6.00. The zero-order valence-corrected chi connectivity index (χ0v) is 11.8. The summed E-state index contributed by atoms with van der Waals surface area (Å²) in [6.45, 7) is 17.8. The Labute approximate surface area is 105 Å². The van der Waals surface area contributed by atoms with Gasteiger partial charge in [-0.3, -0.25) is 4.90 Å². The second-order valence-electron chi connectivity index (χ2n) is 5.21. The van der Waals surface area contributed by atoms with Crippen molar-refractivity contribution in [2.24, 2.45) is 0 Å². The van der Waals surface area contributed by atoms with E-state index in [0.717, 1.165) is 18.4 Å². The van der Waals surface area contributed by atoms with Gasteiger partial charge < -0.3 is 4.74 Å². The number of allylic oxidation sites excluding steroid dienone is 1. The maximum atomic E-state index is 12.0. The summed E-state index contributed by atoms with van der Waals surface area (Å²) in [6.07, 6.45) is 1.59. The van der Waals surface area contributed by atoms with Crippen molar-refractivity contribution in [3.05, 3.63) is 24.4 Å². The number of unbranched alkanes of at least 4 members (excludes halogenated alkanes) is 1. The highest BCUT2D eigenvalue weighted by atomic mass is 16.6. The third-order valence-corrected chi connectivity index (χ3v) is 2.17. The van der Waals surface area contributed by atoms with Crippen LogP contribution in [0.1, 0.15) is 47.5 Å². The average Bonchev–Trinajstić information content (AvgIpc) is 2.15. The molecule has 0 aliphatic carbocycles. The van der Waals surface area contributed by atoms with Crippen LogP contribution in [0.5, 0.6) is 0 Å². The summed E-state index contributed by atoms with van der Waals surface area (Å²) < 4.78 is 5.35. The fraction of sp³-hybridized carbons (Fsp3) is 0.643. The van der Waals surface area contributed by atoms with Crippen LogP contribution in [-0.2, 0) is 4.74 Å². The van der Waals surface area contributed by atoms with E-state index in [9.17, 15) is 4.79 Å². The maximum absolute atomic E-state index is 12.0. The van der Waals surface area contributed by atoms with Gasteiger partial charge >= 0.3 is 6.09 Å². The topological polar surface area (TPSA) is 29.5 Å². The maximum Gasteiger partial charge on any atom is 0.414 e. The Morgan fingerprint density at radius 3 is 2.18 bits per heavy atom. The van der Waals surface area contributed by atoms with Crippen molar-refractivity contribution in [1.82, 2.24) is 4.90 Å². The Morgan fingerprint density at radius 1 is 1.29 bits per heavy atom. The smallest absolute Gasteiger partial charge is 0.414 e. The molecule has 0 heterocycles. The van der Waals surface area contributed by atoms with E-state index in [2.05, 4.69) is 20.1 Å². The molecule has 0 saturated carbocycles. The van der Waals surface area contributed by atoms with Gasteiger partial charge in [-0.2, -0.15) is 0 Å². The molecular weight excluding hydrogens is 214 g/mol. The molecule has 0 saturated heterocycles. The minimum absolute atomic E-state index is 0.348. The van der Waals surface area contributed by atoms with Crippen LogP contribution in [0.3, 0.4) is 0 Å². The number of hydrogen-bond donors (Lipinski definition) is 0. The fourth-order valence-electron chi connectivity index (χ4n) is 1.20. The van der Waals surface area contributed by atoms with Gasteiger partial charge in [0.25, 0.3) is 0 Å². The summed E-state index contributed by atoms with van der Waals surface area (Å²) in [4.78, 5) is 13.6. The first kappa shape index (κ1) is 15.8. The van der Waals surface area contributed by atoms with Gasteiger partial charge in [0.15, 0.2) is 0 Å². The molecule has 0 fully saturated rings. The van der Waals surface area contributed by atoms with E-state index >= 15 is 0 Å². The highest BCUT2D eigenvalue weighted by Crippen LogP contribution is 2.17. The highest BCUT2D eigenvalue weighted by molar-refractivity contribution is 5.71. The molecule has 3 nitrogen and oxygen atoms in total. The molecule has 0 radical (unpaired) electrons. The van der Waals surface area contributed by atoms with E-state index in [1.165, 1.54) is 0 Å². The van der Waals surface area contributed by atoms with Crippen LogP contribution in [0.25, 0.3) is 0 Å². The number of ether oxygens (including phenoxy) is 1. The third kappa shape index (κ3) is 6.15. The Hall–Kier alpha value is -1.25. The molecule has 0 bridgehead atoms. The Bertz CT molecular complexity index is 300. The largest absolute Gasteiger partial charge is 0.443 e. The number of carbonyl (C=O) groups is 1. The van der Waals surface area contributed by atoms with Crippen molar-refractivity contribution in [3.8, 4) is 0 Å². The van der Waals surface area contributed by atoms with E-state index in [-0.39, 0.29) is 6.09 Å². The second kappa shape index (κ2) is 6.48. The minimum atomic E-state index is -0.489. The molecule has 17 heavy (non-hydrogen) atoms. The van der Waals surface area contributed by atoms with Crippen molar-refractivity contribution in [2.75, 3.05) is 6.54 Å². The first-order valence-corrected chi connectivity index (χ1v) is 6.04. The van der Waals surface area contributed by atoms with Gasteiger partial charge in [-0.05, 0) is 39.7 Å². The quantitative estimate of drug-likeness (QED) is 0.676. The van der Waals surface area contributed by atoms with Crippen molar-refractivity contribution in [1.29, 1.82) is 0 Å². The summed E-state index contributed by atoms with van der Waals surface area (Å²) in [7, 11) is 0. The van der Waals surface area contributed by atoms with Gasteiger partial charge in [0.2, 0.25) is 0 Å². The van der Waals surface area contributed by atoms with E-state index in [0.29, 0.717) is 12.2 Å². The molecule has 0 aromatic carbocycles. The first-order chi connectivity index (χ1) is 7.69. The third-order valence-electron chi connectivity index (χ3n) is 2.17. The normalized spacial score (nSPS) is 10.9. The summed E-state index contributed by atoms with van der Waals surface area (Å²) in [5.41, 5.74) is 0.927. The molecule has 0 unspecified atom stereocenters. The second-order valence-corrected chi connectivity index (χ2v) is 5.21. The highest BCUT2D eigenvalue weighted by Gasteiger charge is 2.23. The van der Waals surface area contributed by atoms with Gasteiger partial charge in [-0.1, -0.05) is 26.5 Å². The van der Waals surface area contributed by atoms with Crippen LogP contribution < -0.4 is 0 Å². The van der Waals surface area contributed by atoms with E-state index in [1.807, 2.05) is 27.7 Å². The summed E-state index contributed by atoms with van der Waals surface area (Å²) in [5.74, 6) is 0. The Balaban J connectivity index is 4.74. The van der Waals surface area contributed by atoms with Crippen LogP contribution in [-0.4, -0.2) is 23.1 Å². The van der Waals surface area contributed by atoms with Gasteiger partial charge in [-0.15, -0.1) is 0 Å². The molecule has 3 heteroatoms. The van der Waals surface area contributed by atoms with Gasteiger partial charge in [-0.25, -0.2) is 4.79 Å². The first-order valence-electron chi connectivity index (χ1n) is 6.04. The molecule has 0 aromatic heterocycles. The average molecular weight is 239 g/mol. The van der Waals surface area contributed by atoms with Gasteiger partial charge in [0.1, 0.15) is 5.60 Å². The summed E-state index contributed by atoms with van der Waals surface area (Å²) >= 11 is 0. The lowest BCUT2D eigenvalue weighted by Gasteiger charge is -2.28. The van der Waals surface area contributed by atoms with Crippen molar-refractivity contribution >= 4 is 6.09 Å². The summed E-state index contributed by atoms with van der Waals surface area (Å²) in [6, 6.07) is 0. The standard InChI is InChI=1S/C14H25NO2/c1-8-9-10-15(12(4)11(2)3)13(16)17-14(5,6)7/h2,4,8-10H2,1,3,5-7H3. The lowest BCUT2D eigenvalue weighted by atomic mass is 10.2. The van der Waals surface area contributed by atoms with E-state index in [4.69, 9.17) is 4.74 Å². The lowest BCUT2D eigenvalue weighted by Crippen LogP contribution is -2.36. The van der Waals surface area contributed by atoms with Gasteiger partial charge in [0.05, 0.1) is 0 Å². The number of hydrogen-bond acceptors (Lipinski definition) is 2. The zero-order valence-electron chi connectivity index (χ0n) is 11.8. The predicted octanol–water partition coefficient (Wildman–Crippen LogP) is 4.11. The molecule has 0 aliphatic heterocycles. The molecule has 0 atom stereocenters. The van der Waals surface area contributed by atoms with Crippen molar-refractivity contribution < 1.29 is 9.53 Å². The molecule has 0 aliphatic rings. The monoisotopic (exact) mass is 239 g/mol. The van der Waals surface area contributed by atoms with Crippen LogP contribution >= 0.6 is 0 Å². The number of nitrogens with zero attached hydrogens (tertiary/aromatic N) is 1. The SMILES string of the molecule is C=C(C)C(=C)N(CCCC)C(=O)OC(C)(C)C. The molecule has 0 spiro atoms. The molecule has 0 aromatic rings. The Morgan fingerprint density at radius 2 is 1.82 bits per heavy atom. The van der Waals surface area contributed by atoms with E-state index < -0.39 is 5.60 Å². The minimum Gasteiger partial charge on any atom is -0.443 e. The van der Waals surface area contributed by atoms with Gasteiger partial charge in [0, 0.05) is 12.2 Å². The van der Waals surface area contributed by atoms with Crippen LogP contribution in [0.15, 0.2) is 24.4 Å². The molecule has 0 rings (SSSR count). The van der Waals surface area contributed by atoms with Crippen molar-refractivity contribution in [2.45, 2.75) is 53.1 Å². The lowest BCUT2D eigenvalue weighted by molar-refractivity contribution is 0.0316. The summed E-state index contributed by atoms with van der Waals surface area (Å²) in [5, 5.41) is 0. The van der Waals surface area contributed by atoms with Crippen LogP contribution in [0.4, 0.5) is 4.79 Å². The van der Waals surface area contributed by atoms with Crippen molar-refractivity contribution in [3.63, 3.8) is 0 Å². The fourth-order valence-corrected chi connectivity index (χ4v) is 1.20. The zero-order chi connectivity index (χ0) is 13.6.